The van der Waals surface area contributed by atoms with Crippen LogP contribution in [0.4, 0.5) is 8.78 Å². The van der Waals surface area contributed by atoms with Crippen molar-refractivity contribution < 1.29 is 13.5 Å². The minimum Gasteiger partial charge on any atom is -0.490 e. The maximum Gasteiger partial charge on any atom is 0.200 e. The second kappa shape index (κ2) is 11.7. The van der Waals surface area contributed by atoms with Crippen molar-refractivity contribution in [1.82, 2.24) is 0 Å². The Morgan fingerprint density at radius 1 is 1.03 bits per heavy atom. The van der Waals surface area contributed by atoms with Gasteiger partial charge in [-0.25, -0.2) is 4.39 Å². The number of hydrogen-bond donors (Lipinski definition) is 0. The first-order valence-corrected chi connectivity index (χ1v) is 12.0. The molecule has 1 aromatic carbocycles. The predicted octanol–water partition coefficient (Wildman–Crippen LogP) is 8.19. The van der Waals surface area contributed by atoms with Crippen LogP contribution in [0.15, 0.2) is 35.9 Å². The molecule has 0 radical (unpaired) electrons. The Hall–Kier alpha value is -1.64. The fourth-order valence-corrected chi connectivity index (χ4v) is 4.95. The fourth-order valence-electron chi connectivity index (χ4n) is 4.95. The van der Waals surface area contributed by atoms with Crippen LogP contribution in [0, 0.1) is 29.4 Å². The monoisotopic (exact) mass is 416 g/mol. The zero-order valence-corrected chi connectivity index (χ0v) is 18.8. The molecule has 0 spiro atoms. The minimum atomic E-state index is -0.848. The first-order chi connectivity index (χ1) is 14.6. The summed E-state index contributed by atoms with van der Waals surface area (Å²) in [6, 6.07) is 3.23. The van der Waals surface area contributed by atoms with Crippen LogP contribution >= 0.6 is 0 Å². The van der Waals surface area contributed by atoms with Crippen molar-refractivity contribution in [1.29, 1.82) is 0 Å². The van der Waals surface area contributed by atoms with Gasteiger partial charge in [-0.05, 0) is 101 Å². The van der Waals surface area contributed by atoms with Crippen LogP contribution in [0.3, 0.4) is 0 Å². The zero-order valence-electron chi connectivity index (χ0n) is 18.8. The summed E-state index contributed by atoms with van der Waals surface area (Å²) in [7, 11) is 0. The molecule has 1 nitrogen and oxygen atoms in total. The first-order valence-electron chi connectivity index (χ1n) is 12.0. The summed E-state index contributed by atoms with van der Waals surface area (Å²) in [5, 5.41) is 0. The van der Waals surface area contributed by atoms with E-state index in [0.717, 1.165) is 31.1 Å². The van der Waals surface area contributed by atoms with Gasteiger partial charge in [0, 0.05) is 0 Å². The number of rotatable bonds is 9. The van der Waals surface area contributed by atoms with E-state index >= 15 is 0 Å². The third kappa shape index (κ3) is 6.43. The number of allylic oxidation sites excluding steroid dienone is 4. The van der Waals surface area contributed by atoms with Crippen molar-refractivity contribution in [2.45, 2.75) is 84.5 Å². The molecular weight excluding hydrogens is 378 g/mol. The van der Waals surface area contributed by atoms with Gasteiger partial charge in [0.15, 0.2) is 11.6 Å². The molecule has 0 amide bonds. The van der Waals surface area contributed by atoms with E-state index in [1.807, 2.05) is 6.92 Å². The Balaban J connectivity index is 1.41. The molecule has 1 saturated carbocycles. The van der Waals surface area contributed by atoms with Gasteiger partial charge in [-0.2, -0.15) is 4.39 Å². The SMILES string of the molecule is CCCCOc1ccc(CC/C=C/C2CCC(C3CC=C(C)CC3)CC2)c(F)c1F. The summed E-state index contributed by atoms with van der Waals surface area (Å²) >= 11 is 0. The van der Waals surface area contributed by atoms with Gasteiger partial charge in [0.05, 0.1) is 6.61 Å². The average Bonchev–Trinajstić information content (AvgIpc) is 2.76. The second-order valence-corrected chi connectivity index (χ2v) is 9.28. The lowest BCUT2D eigenvalue weighted by Crippen LogP contribution is -2.22. The molecule has 0 bridgehead atoms. The van der Waals surface area contributed by atoms with Crippen LogP contribution in [0.25, 0.3) is 0 Å². The van der Waals surface area contributed by atoms with E-state index in [1.165, 1.54) is 44.9 Å². The number of ether oxygens (including phenoxy) is 1. The normalized spacial score (nSPS) is 24.8. The largest absolute Gasteiger partial charge is 0.490 e. The summed E-state index contributed by atoms with van der Waals surface area (Å²) in [4.78, 5) is 0. The highest BCUT2D eigenvalue weighted by molar-refractivity contribution is 5.31. The lowest BCUT2D eigenvalue weighted by Gasteiger charge is -2.34. The Bertz CT molecular complexity index is 729. The number of unbranched alkanes of at least 4 members (excludes halogenated alkanes) is 1. The van der Waals surface area contributed by atoms with Gasteiger partial charge in [0.1, 0.15) is 0 Å². The Morgan fingerprint density at radius 3 is 2.53 bits per heavy atom. The number of hydrogen-bond acceptors (Lipinski definition) is 1. The van der Waals surface area contributed by atoms with Gasteiger partial charge >= 0.3 is 0 Å². The first kappa shape index (κ1) is 23.0. The average molecular weight is 417 g/mol. The zero-order chi connectivity index (χ0) is 21.3. The highest BCUT2D eigenvalue weighted by atomic mass is 19.2. The van der Waals surface area contributed by atoms with Gasteiger partial charge in [0.2, 0.25) is 5.82 Å². The van der Waals surface area contributed by atoms with Gasteiger partial charge in [-0.3, -0.25) is 0 Å². The van der Waals surface area contributed by atoms with Crippen molar-refractivity contribution >= 4 is 0 Å². The van der Waals surface area contributed by atoms with Crippen LogP contribution < -0.4 is 4.74 Å². The molecule has 1 atom stereocenters. The lowest BCUT2D eigenvalue weighted by atomic mass is 9.71. The van der Waals surface area contributed by atoms with Crippen LogP contribution in [-0.2, 0) is 6.42 Å². The molecule has 0 aromatic heterocycles. The highest BCUT2D eigenvalue weighted by Crippen LogP contribution is 2.39. The van der Waals surface area contributed by atoms with Gasteiger partial charge in [-0.1, -0.05) is 43.2 Å². The number of halogens is 2. The summed E-state index contributed by atoms with van der Waals surface area (Å²) in [6.07, 6.45) is 19.2. The predicted molar refractivity (Wildman–Crippen MR) is 121 cm³/mol. The molecular formula is C27H38F2O. The summed E-state index contributed by atoms with van der Waals surface area (Å²) in [6.45, 7) is 4.72. The van der Waals surface area contributed by atoms with E-state index in [1.54, 1.807) is 17.7 Å². The minimum absolute atomic E-state index is 0.0284. The molecule has 3 rings (SSSR count). The Labute approximate surface area is 181 Å². The van der Waals surface area contributed by atoms with E-state index in [2.05, 4.69) is 25.2 Å². The van der Waals surface area contributed by atoms with E-state index in [-0.39, 0.29) is 5.75 Å². The molecule has 30 heavy (non-hydrogen) atoms. The highest BCUT2D eigenvalue weighted by Gasteiger charge is 2.27. The number of benzene rings is 1. The van der Waals surface area contributed by atoms with Crippen LogP contribution in [0.2, 0.25) is 0 Å². The number of aryl methyl sites for hydroxylation is 1. The van der Waals surface area contributed by atoms with E-state index in [0.29, 0.717) is 24.5 Å². The maximum atomic E-state index is 14.3. The Morgan fingerprint density at radius 2 is 1.83 bits per heavy atom. The van der Waals surface area contributed by atoms with Gasteiger partial charge in [0.25, 0.3) is 0 Å². The van der Waals surface area contributed by atoms with Crippen LogP contribution in [0.1, 0.15) is 83.6 Å². The van der Waals surface area contributed by atoms with E-state index in [9.17, 15) is 8.78 Å². The lowest BCUT2D eigenvalue weighted by molar-refractivity contribution is 0.209. The van der Waals surface area contributed by atoms with Crippen LogP contribution in [0.5, 0.6) is 5.75 Å². The van der Waals surface area contributed by atoms with Crippen LogP contribution in [-0.4, -0.2) is 6.61 Å². The molecule has 0 heterocycles. The van der Waals surface area contributed by atoms with Crippen molar-refractivity contribution in [2.24, 2.45) is 17.8 Å². The molecule has 2 aliphatic carbocycles. The standard InChI is InChI=1S/C27H38F2O/c1-3-4-19-30-25-18-17-24(26(28)27(25)29)8-6-5-7-21-11-15-23(16-12-21)22-13-9-20(2)10-14-22/h5,7,9,17-18,21-23H,3-4,6,8,10-16,19H2,1-2H3/b7-5+. The summed E-state index contributed by atoms with van der Waals surface area (Å²) in [5.74, 6) is 0.867. The van der Waals surface area contributed by atoms with E-state index in [4.69, 9.17) is 4.74 Å². The molecule has 3 heteroatoms. The molecule has 166 valence electrons. The summed E-state index contributed by atoms with van der Waals surface area (Å²) in [5.41, 5.74) is 2.00. The summed E-state index contributed by atoms with van der Waals surface area (Å²) < 4.78 is 33.8. The van der Waals surface area contributed by atoms with E-state index < -0.39 is 11.6 Å². The third-order valence-corrected chi connectivity index (χ3v) is 7.03. The molecule has 1 aromatic rings. The molecule has 1 fully saturated rings. The molecule has 2 aliphatic rings. The van der Waals surface area contributed by atoms with Crippen molar-refractivity contribution in [2.75, 3.05) is 6.61 Å². The Kier molecular flexibility index (Phi) is 8.96. The molecule has 0 aliphatic heterocycles. The topological polar surface area (TPSA) is 9.23 Å². The molecule has 0 saturated heterocycles. The quantitative estimate of drug-likeness (QED) is 0.291. The van der Waals surface area contributed by atoms with Crippen molar-refractivity contribution in [3.05, 3.63) is 53.1 Å². The van der Waals surface area contributed by atoms with Crippen molar-refractivity contribution in [3.8, 4) is 5.75 Å². The second-order valence-electron chi connectivity index (χ2n) is 9.28. The third-order valence-electron chi connectivity index (χ3n) is 7.03. The van der Waals surface area contributed by atoms with Gasteiger partial charge in [-0.15, -0.1) is 0 Å². The smallest absolute Gasteiger partial charge is 0.200 e. The maximum absolute atomic E-state index is 14.3. The fraction of sp³-hybridized carbons (Fsp3) is 0.630. The molecule has 0 N–H and O–H groups in total. The van der Waals surface area contributed by atoms with Gasteiger partial charge < -0.3 is 4.74 Å². The van der Waals surface area contributed by atoms with Crippen molar-refractivity contribution in [3.63, 3.8) is 0 Å². The molecule has 1 unspecified atom stereocenters.